The fourth-order valence-corrected chi connectivity index (χ4v) is 2.79. The largest absolute Gasteiger partial charge is 0.495 e. The molecule has 0 aliphatic heterocycles. The molecule has 1 aliphatic carbocycles. The summed E-state index contributed by atoms with van der Waals surface area (Å²) >= 11 is 0. The first-order valence-corrected chi connectivity index (χ1v) is 6.63. The second kappa shape index (κ2) is 5.52. The molecule has 0 radical (unpaired) electrons. The minimum atomic E-state index is -2.59. The number of alkyl halides is 2. The van der Waals surface area contributed by atoms with Crippen LogP contribution in [0, 0.1) is 0 Å². The second-order valence-electron chi connectivity index (χ2n) is 5.27. The van der Waals surface area contributed by atoms with Gasteiger partial charge in [0.2, 0.25) is 11.8 Å². The van der Waals surface area contributed by atoms with Crippen molar-refractivity contribution in [1.82, 2.24) is 4.98 Å². The van der Waals surface area contributed by atoms with Gasteiger partial charge in [-0.25, -0.2) is 13.8 Å². The van der Waals surface area contributed by atoms with Crippen molar-refractivity contribution in [3.8, 4) is 11.6 Å². The average molecular weight is 286 g/mol. The molecule has 112 valence electrons. The summed E-state index contributed by atoms with van der Waals surface area (Å²) in [6.45, 7) is 0.298. The first-order chi connectivity index (χ1) is 9.46. The van der Waals surface area contributed by atoms with Gasteiger partial charge in [-0.05, 0) is 12.8 Å². The Morgan fingerprint density at radius 2 is 1.85 bits per heavy atom. The number of halogens is 2. The van der Waals surface area contributed by atoms with Crippen molar-refractivity contribution in [3.05, 3.63) is 17.8 Å². The van der Waals surface area contributed by atoms with E-state index in [1.807, 2.05) is 0 Å². The number of ether oxygens (including phenoxy) is 2. The lowest BCUT2D eigenvalue weighted by Gasteiger charge is -2.40. The molecular weight excluding hydrogens is 266 g/mol. The topological polar surface area (TPSA) is 57.4 Å². The molecule has 0 bridgehead atoms. The molecule has 1 aliphatic rings. The third kappa shape index (κ3) is 2.70. The van der Waals surface area contributed by atoms with Gasteiger partial charge in [0.05, 0.1) is 20.4 Å². The summed E-state index contributed by atoms with van der Waals surface area (Å²) in [5.41, 5.74) is 6.23. The highest BCUT2D eigenvalue weighted by Crippen LogP contribution is 2.47. The molecule has 1 heterocycles. The number of pyridine rings is 1. The second-order valence-corrected chi connectivity index (χ2v) is 5.27. The summed E-state index contributed by atoms with van der Waals surface area (Å²) in [5, 5.41) is 0. The molecule has 6 heteroatoms. The van der Waals surface area contributed by atoms with Gasteiger partial charge in [0.25, 0.3) is 0 Å². The zero-order valence-corrected chi connectivity index (χ0v) is 11.8. The lowest BCUT2D eigenvalue weighted by molar-refractivity contribution is -0.0511. The molecule has 20 heavy (non-hydrogen) atoms. The number of rotatable bonds is 4. The zero-order chi connectivity index (χ0) is 14.8. The highest BCUT2D eigenvalue weighted by atomic mass is 19.3. The van der Waals surface area contributed by atoms with Crippen LogP contribution in [0.25, 0.3) is 0 Å². The Bertz CT molecular complexity index is 470. The van der Waals surface area contributed by atoms with E-state index < -0.39 is 11.3 Å². The van der Waals surface area contributed by atoms with Gasteiger partial charge < -0.3 is 15.2 Å². The SMILES string of the molecule is COc1cc(C2(CN)CCC(F)(F)CC2)c(OC)cn1. The van der Waals surface area contributed by atoms with Crippen molar-refractivity contribution in [2.75, 3.05) is 20.8 Å². The summed E-state index contributed by atoms with van der Waals surface area (Å²) in [6, 6.07) is 1.75. The van der Waals surface area contributed by atoms with Crippen molar-refractivity contribution in [2.24, 2.45) is 5.73 Å². The number of hydrogen-bond acceptors (Lipinski definition) is 4. The molecule has 2 N–H and O–H groups in total. The lowest BCUT2D eigenvalue weighted by atomic mass is 9.68. The molecule has 4 nitrogen and oxygen atoms in total. The van der Waals surface area contributed by atoms with Crippen molar-refractivity contribution in [2.45, 2.75) is 37.0 Å². The molecule has 0 spiro atoms. The molecular formula is C14H20F2N2O2. The van der Waals surface area contributed by atoms with Crippen LogP contribution in [-0.4, -0.2) is 31.7 Å². The molecule has 2 rings (SSSR count). The third-order valence-electron chi connectivity index (χ3n) is 4.17. The number of aromatic nitrogens is 1. The van der Waals surface area contributed by atoms with Crippen molar-refractivity contribution < 1.29 is 18.3 Å². The Morgan fingerprint density at radius 3 is 2.35 bits per heavy atom. The Kier molecular flexibility index (Phi) is 4.13. The fraction of sp³-hybridized carbons (Fsp3) is 0.643. The first-order valence-electron chi connectivity index (χ1n) is 6.63. The van der Waals surface area contributed by atoms with Crippen molar-refractivity contribution in [1.29, 1.82) is 0 Å². The summed E-state index contributed by atoms with van der Waals surface area (Å²) in [4.78, 5) is 4.08. The highest BCUT2D eigenvalue weighted by Gasteiger charge is 2.45. The molecule has 0 aromatic carbocycles. The predicted molar refractivity (Wildman–Crippen MR) is 71.5 cm³/mol. The predicted octanol–water partition coefficient (Wildman–Crippen LogP) is 2.50. The molecule has 1 aromatic heterocycles. The van der Waals surface area contributed by atoms with E-state index in [1.165, 1.54) is 14.2 Å². The third-order valence-corrected chi connectivity index (χ3v) is 4.17. The van der Waals surface area contributed by atoms with Gasteiger partial charge >= 0.3 is 0 Å². The van der Waals surface area contributed by atoms with Crippen LogP contribution in [0.4, 0.5) is 8.78 Å². The maximum atomic E-state index is 13.4. The summed E-state index contributed by atoms with van der Waals surface area (Å²) in [7, 11) is 3.05. The van der Waals surface area contributed by atoms with Crippen LogP contribution in [-0.2, 0) is 5.41 Å². The van der Waals surface area contributed by atoms with Crippen LogP contribution in [0.5, 0.6) is 11.6 Å². The Hall–Kier alpha value is -1.43. The summed E-state index contributed by atoms with van der Waals surface area (Å²) < 4.78 is 37.3. The summed E-state index contributed by atoms with van der Waals surface area (Å²) in [6.07, 6.45) is 1.91. The average Bonchev–Trinajstić information content (AvgIpc) is 2.47. The van der Waals surface area contributed by atoms with Gasteiger partial charge in [-0.15, -0.1) is 0 Å². The number of hydrogen-bond donors (Lipinski definition) is 1. The lowest BCUT2D eigenvalue weighted by Crippen LogP contribution is -2.42. The smallest absolute Gasteiger partial charge is 0.248 e. The number of methoxy groups -OCH3 is 2. The molecule has 1 aromatic rings. The van der Waals surface area contributed by atoms with E-state index in [2.05, 4.69) is 4.98 Å². The Balaban J connectivity index is 2.41. The van der Waals surface area contributed by atoms with Gasteiger partial charge in [-0.1, -0.05) is 0 Å². The van der Waals surface area contributed by atoms with E-state index >= 15 is 0 Å². The molecule has 0 saturated heterocycles. The fourth-order valence-electron chi connectivity index (χ4n) is 2.79. The monoisotopic (exact) mass is 286 g/mol. The van der Waals surface area contributed by atoms with Crippen LogP contribution in [0.2, 0.25) is 0 Å². The van der Waals surface area contributed by atoms with E-state index in [1.54, 1.807) is 12.3 Å². The van der Waals surface area contributed by atoms with E-state index in [-0.39, 0.29) is 12.8 Å². The van der Waals surface area contributed by atoms with Crippen molar-refractivity contribution >= 4 is 0 Å². The normalized spacial score (nSPS) is 20.4. The highest BCUT2D eigenvalue weighted by molar-refractivity contribution is 5.42. The van der Waals surface area contributed by atoms with Crippen LogP contribution in [0.3, 0.4) is 0 Å². The van der Waals surface area contributed by atoms with Crippen LogP contribution < -0.4 is 15.2 Å². The van der Waals surface area contributed by atoms with Gasteiger partial charge in [0.1, 0.15) is 5.75 Å². The van der Waals surface area contributed by atoms with Crippen LogP contribution in [0.15, 0.2) is 12.3 Å². The standard InChI is InChI=1S/C14H20F2N2O2/c1-19-11-8-18-12(20-2)7-10(11)13(9-17)3-5-14(15,16)6-4-13/h7-8H,3-6,9,17H2,1-2H3. The van der Waals surface area contributed by atoms with Crippen LogP contribution in [0.1, 0.15) is 31.2 Å². The Labute approximate surface area is 117 Å². The number of nitrogens with two attached hydrogens (primary N) is 1. The van der Waals surface area contributed by atoms with E-state index in [0.717, 1.165) is 5.56 Å². The molecule has 1 fully saturated rings. The van der Waals surface area contributed by atoms with Gasteiger partial charge in [-0.3, -0.25) is 0 Å². The molecule has 1 saturated carbocycles. The van der Waals surface area contributed by atoms with Crippen molar-refractivity contribution in [3.63, 3.8) is 0 Å². The maximum Gasteiger partial charge on any atom is 0.248 e. The molecule has 0 unspecified atom stereocenters. The van der Waals surface area contributed by atoms with E-state index in [9.17, 15) is 8.78 Å². The van der Waals surface area contributed by atoms with E-state index in [0.29, 0.717) is 31.0 Å². The first kappa shape index (κ1) is 15.0. The quantitative estimate of drug-likeness (QED) is 0.924. The minimum Gasteiger partial charge on any atom is -0.495 e. The maximum absolute atomic E-state index is 13.4. The zero-order valence-electron chi connectivity index (χ0n) is 11.8. The van der Waals surface area contributed by atoms with Gasteiger partial charge in [-0.2, -0.15) is 0 Å². The Morgan fingerprint density at radius 1 is 1.20 bits per heavy atom. The number of nitrogens with zero attached hydrogens (tertiary/aromatic N) is 1. The van der Waals surface area contributed by atoms with Gasteiger partial charge in [0.15, 0.2) is 0 Å². The molecule has 0 amide bonds. The van der Waals surface area contributed by atoms with Crippen LogP contribution >= 0.6 is 0 Å². The van der Waals surface area contributed by atoms with E-state index in [4.69, 9.17) is 15.2 Å². The van der Waals surface area contributed by atoms with Gasteiger partial charge in [0, 0.05) is 36.4 Å². The molecule has 0 atom stereocenters. The minimum absolute atomic E-state index is 0.155. The summed E-state index contributed by atoms with van der Waals surface area (Å²) in [5.74, 6) is -1.59.